The Balaban J connectivity index is 0.00000112. The first-order chi connectivity index (χ1) is 6.95. The van der Waals surface area contributed by atoms with Gasteiger partial charge in [0.15, 0.2) is 0 Å². The summed E-state index contributed by atoms with van der Waals surface area (Å²) >= 11 is 0. The van der Waals surface area contributed by atoms with E-state index in [1.807, 2.05) is 60.7 Å². The van der Waals surface area contributed by atoms with Crippen LogP contribution < -0.4 is 0 Å². The third-order valence-electron chi connectivity index (χ3n) is 1.90. The summed E-state index contributed by atoms with van der Waals surface area (Å²) in [7, 11) is 0. The molecule has 0 nitrogen and oxygen atoms in total. The van der Waals surface area contributed by atoms with Crippen molar-refractivity contribution in [2.45, 2.75) is 0 Å². The van der Waals surface area contributed by atoms with E-state index in [1.54, 1.807) is 0 Å². The monoisotopic (exact) mass is 373 g/mol. The Morgan fingerprint density at radius 3 is 1.20 bits per heavy atom. The van der Waals surface area contributed by atoms with E-state index < -0.39 is 0 Å². The van der Waals surface area contributed by atoms with Crippen LogP contribution in [-0.4, -0.2) is 0 Å². The molecule has 0 N–H and O–H groups in total. The SMILES string of the molecule is C(#Cc1ccccc1)c1ccccc1.[Pt]. The third-order valence-corrected chi connectivity index (χ3v) is 1.90. The fourth-order valence-corrected chi connectivity index (χ4v) is 1.19. The Kier molecular flexibility index (Phi) is 4.88. The van der Waals surface area contributed by atoms with E-state index in [-0.39, 0.29) is 21.1 Å². The molecule has 0 saturated carbocycles. The zero-order chi connectivity index (χ0) is 9.64. The van der Waals surface area contributed by atoms with Crippen molar-refractivity contribution in [2.75, 3.05) is 0 Å². The maximum absolute atomic E-state index is 3.11. The molecule has 0 fully saturated rings. The van der Waals surface area contributed by atoms with E-state index in [1.165, 1.54) is 0 Å². The molecular weight excluding hydrogens is 363 g/mol. The Hall–Kier alpha value is -1.31. The van der Waals surface area contributed by atoms with Crippen LogP contribution in [0.1, 0.15) is 11.1 Å². The first kappa shape index (κ1) is 11.8. The van der Waals surface area contributed by atoms with Gasteiger partial charge in [0.1, 0.15) is 0 Å². The van der Waals surface area contributed by atoms with Crippen LogP contribution in [0.25, 0.3) is 0 Å². The van der Waals surface area contributed by atoms with Gasteiger partial charge in [-0.05, 0) is 24.3 Å². The van der Waals surface area contributed by atoms with Gasteiger partial charge in [0.25, 0.3) is 0 Å². The van der Waals surface area contributed by atoms with Crippen LogP contribution >= 0.6 is 0 Å². The Bertz CT molecular complexity index is 405. The molecule has 0 unspecified atom stereocenters. The van der Waals surface area contributed by atoms with Crippen LogP contribution in [-0.2, 0) is 21.1 Å². The summed E-state index contributed by atoms with van der Waals surface area (Å²) in [6, 6.07) is 20.0. The van der Waals surface area contributed by atoms with Gasteiger partial charge in [0.05, 0.1) is 0 Å². The number of benzene rings is 2. The molecule has 0 spiro atoms. The molecule has 0 aliphatic carbocycles. The van der Waals surface area contributed by atoms with Crippen molar-refractivity contribution >= 4 is 0 Å². The van der Waals surface area contributed by atoms with Crippen molar-refractivity contribution in [1.82, 2.24) is 0 Å². The molecule has 0 amide bonds. The summed E-state index contributed by atoms with van der Waals surface area (Å²) in [5.74, 6) is 6.22. The fourth-order valence-electron chi connectivity index (χ4n) is 1.19. The van der Waals surface area contributed by atoms with E-state index in [4.69, 9.17) is 0 Å². The van der Waals surface area contributed by atoms with E-state index in [9.17, 15) is 0 Å². The fraction of sp³-hybridized carbons (Fsp3) is 0. The van der Waals surface area contributed by atoms with Gasteiger partial charge in [-0.1, -0.05) is 48.2 Å². The molecule has 0 saturated heterocycles. The van der Waals surface area contributed by atoms with Gasteiger partial charge < -0.3 is 0 Å². The summed E-state index contributed by atoms with van der Waals surface area (Å²) in [5.41, 5.74) is 2.10. The van der Waals surface area contributed by atoms with Gasteiger partial charge in [-0.25, -0.2) is 0 Å². The predicted molar refractivity (Wildman–Crippen MR) is 58.9 cm³/mol. The quantitative estimate of drug-likeness (QED) is 0.623. The van der Waals surface area contributed by atoms with Crippen molar-refractivity contribution in [3.63, 3.8) is 0 Å². The largest absolute Gasteiger partial charge is 0.0622 e. The molecule has 2 aromatic carbocycles. The van der Waals surface area contributed by atoms with Crippen LogP contribution in [0.3, 0.4) is 0 Å². The molecule has 0 radical (unpaired) electrons. The molecule has 76 valence electrons. The zero-order valence-electron chi connectivity index (χ0n) is 8.09. The average Bonchev–Trinajstić information content (AvgIpc) is 2.29. The predicted octanol–water partition coefficient (Wildman–Crippen LogP) is 3.08. The Labute approximate surface area is 105 Å². The van der Waals surface area contributed by atoms with Crippen molar-refractivity contribution < 1.29 is 21.1 Å². The normalized spacial score (nSPS) is 8.27. The maximum Gasteiger partial charge on any atom is 0.0249 e. The van der Waals surface area contributed by atoms with Gasteiger partial charge in [0, 0.05) is 32.2 Å². The second kappa shape index (κ2) is 6.22. The summed E-state index contributed by atoms with van der Waals surface area (Å²) in [4.78, 5) is 0. The number of rotatable bonds is 0. The van der Waals surface area contributed by atoms with Gasteiger partial charge in [0.2, 0.25) is 0 Å². The minimum absolute atomic E-state index is 0. The van der Waals surface area contributed by atoms with Crippen LogP contribution in [0, 0.1) is 11.8 Å². The van der Waals surface area contributed by atoms with E-state index >= 15 is 0 Å². The molecule has 0 bridgehead atoms. The standard InChI is InChI=1S/C14H10.Pt/c1-3-7-13(8-4-1)11-12-14-9-5-2-6-10-14;/h1-10H;. The van der Waals surface area contributed by atoms with Crippen LogP contribution in [0.5, 0.6) is 0 Å². The van der Waals surface area contributed by atoms with Crippen LogP contribution in [0.4, 0.5) is 0 Å². The molecule has 0 aromatic heterocycles. The summed E-state index contributed by atoms with van der Waals surface area (Å²) in [6.45, 7) is 0. The Morgan fingerprint density at radius 1 is 0.533 bits per heavy atom. The molecule has 1 heteroatoms. The third kappa shape index (κ3) is 3.74. The van der Waals surface area contributed by atoms with Gasteiger partial charge in [-0.2, -0.15) is 0 Å². The van der Waals surface area contributed by atoms with Gasteiger partial charge >= 0.3 is 0 Å². The van der Waals surface area contributed by atoms with E-state index in [2.05, 4.69) is 11.8 Å². The van der Waals surface area contributed by atoms with E-state index in [0.717, 1.165) is 11.1 Å². The molecule has 2 aromatic rings. The van der Waals surface area contributed by atoms with Crippen molar-refractivity contribution in [1.29, 1.82) is 0 Å². The smallest absolute Gasteiger partial charge is 0.0249 e. The number of hydrogen-bond acceptors (Lipinski definition) is 0. The second-order valence-corrected chi connectivity index (χ2v) is 2.98. The van der Waals surface area contributed by atoms with Gasteiger partial charge in [-0.15, -0.1) is 0 Å². The summed E-state index contributed by atoms with van der Waals surface area (Å²) in [6.07, 6.45) is 0. The molecule has 2 rings (SSSR count). The van der Waals surface area contributed by atoms with Crippen LogP contribution in [0.2, 0.25) is 0 Å². The molecular formula is C14H10Pt. The first-order valence-corrected chi connectivity index (χ1v) is 4.57. The van der Waals surface area contributed by atoms with Crippen LogP contribution in [0.15, 0.2) is 60.7 Å². The second-order valence-electron chi connectivity index (χ2n) is 2.98. The number of hydrogen-bond donors (Lipinski definition) is 0. The maximum atomic E-state index is 3.11. The minimum atomic E-state index is 0. The minimum Gasteiger partial charge on any atom is -0.0622 e. The van der Waals surface area contributed by atoms with E-state index in [0.29, 0.717) is 0 Å². The van der Waals surface area contributed by atoms with Crippen molar-refractivity contribution in [3.8, 4) is 11.8 Å². The molecule has 0 heterocycles. The average molecular weight is 373 g/mol. The molecule has 0 atom stereocenters. The molecule has 0 aliphatic rings. The first-order valence-electron chi connectivity index (χ1n) is 4.57. The zero-order valence-corrected chi connectivity index (χ0v) is 10.4. The Morgan fingerprint density at radius 2 is 0.867 bits per heavy atom. The van der Waals surface area contributed by atoms with Gasteiger partial charge in [-0.3, -0.25) is 0 Å². The topological polar surface area (TPSA) is 0 Å². The molecule has 0 aliphatic heterocycles. The summed E-state index contributed by atoms with van der Waals surface area (Å²) < 4.78 is 0. The van der Waals surface area contributed by atoms with Crippen molar-refractivity contribution in [2.24, 2.45) is 0 Å². The molecule has 15 heavy (non-hydrogen) atoms. The van der Waals surface area contributed by atoms with Crippen molar-refractivity contribution in [3.05, 3.63) is 71.8 Å². The summed E-state index contributed by atoms with van der Waals surface area (Å²) in [5, 5.41) is 0.